The largest absolute Gasteiger partial charge is 0.497 e. The van der Waals surface area contributed by atoms with Crippen molar-refractivity contribution in [2.75, 3.05) is 37.0 Å². The summed E-state index contributed by atoms with van der Waals surface area (Å²) in [4.78, 5) is 23.7. The van der Waals surface area contributed by atoms with Crippen molar-refractivity contribution in [3.05, 3.63) is 36.5 Å². The minimum Gasteiger partial charge on any atom is -0.497 e. The molecule has 0 radical (unpaired) electrons. The normalized spacial score (nSPS) is 19.2. The monoisotopic (exact) mass is 381 g/mol. The zero-order valence-corrected chi connectivity index (χ0v) is 16.2. The molecule has 2 heterocycles. The number of aromatic nitrogens is 2. The molecule has 2 aliphatic rings. The second-order valence-corrected chi connectivity index (χ2v) is 7.57. The minimum atomic E-state index is 0.00861. The number of amides is 1. The number of nitrogens with one attached hydrogen (secondary N) is 2. The van der Waals surface area contributed by atoms with Crippen LogP contribution in [-0.2, 0) is 4.79 Å². The Hall–Kier alpha value is -2.83. The van der Waals surface area contributed by atoms with E-state index in [1.807, 2.05) is 30.3 Å². The molecule has 2 N–H and O–H groups in total. The predicted molar refractivity (Wildman–Crippen MR) is 109 cm³/mol. The molecule has 1 aromatic carbocycles. The van der Waals surface area contributed by atoms with E-state index in [9.17, 15) is 4.79 Å². The van der Waals surface area contributed by atoms with Crippen molar-refractivity contribution in [2.24, 2.45) is 11.8 Å². The van der Waals surface area contributed by atoms with Gasteiger partial charge in [0.25, 0.3) is 0 Å². The molecular weight excluding hydrogens is 354 g/mol. The Morgan fingerprint density at radius 2 is 2.04 bits per heavy atom. The average Bonchev–Trinajstić information content (AvgIpc) is 3.57. The molecule has 4 rings (SSSR count). The second-order valence-electron chi connectivity index (χ2n) is 7.57. The molecule has 1 aliphatic heterocycles. The van der Waals surface area contributed by atoms with Crippen molar-refractivity contribution in [3.8, 4) is 5.75 Å². The van der Waals surface area contributed by atoms with Gasteiger partial charge in [-0.1, -0.05) is 0 Å². The van der Waals surface area contributed by atoms with Gasteiger partial charge in [0, 0.05) is 31.5 Å². The fourth-order valence-electron chi connectivity index (χ4n) is 3.48. The number of hydrogen-bond acceptors (Lipinski definition) is 6. The van der Waals surface area contributed by atoms with Crippen molar-refractivity contribution in [1.82, 2.24) is 15.3 Å². The number of rotatable bonds is 7. The topological polar surface area (TPSA) is 79.4 Å². The van der Waals surface area contributed by atoms with Crippen LogP contribution in [0, 0.1) is 11.8 Å². The van der Waals surface area contributed by atoms with Gasteiger partial charge in [0.15, 0.2) is 0 Å². The molecule has 1 aliphatic carbocycles. The highest BCUT2D eigenvalue weighted by Gasteiger charge is 2.29. The van der Waals surface area contributed by atoms with Crippen molar-refractivity contribution in [2.45, 2.75) is 25.7 Å². The lowest BCUT2D eigenvalue weighted by Crippen LogP contribution is -2.44. The lowest BCUT2D eigenvalue weighted by Gasteiger charge is -2.32. The first-order valence-electron chi connectivity index (χ1n) is 9.98. The van der Waals surface area contributed by atoms with E-state index in [2.05, 4.69) is 25.5 Å². The molecule has 1 saturated carbocycles. The van der Waals surface area contributed by atoms with E-state index in [0.29, 0.717) is 18.4 Å². The zero-order valence-electron chi connectivity index (χ0n) is 16.2. The third-order valence-corrected chi connectivity index (χ3v) is 5.34. The van der Waals surface area contributed by atoms with Crippen LogP contribution < -0.4 is 20.3 Å². The van der Waals surface area contributed by atoms with Gasteiger partial charge in [-0.2, -0.15) is 4.98 Å². The summed E-state index contributed by atoms with van der Waals surface area (Å²) >= 11 is 0. The van der Waals surface area contributed by atoms with Crippen LogP contribution >= 0.6 is 0 Å². The van der Waals surface area contributed by atoms with E-state index >= 15 is 0 Å². The third-order valence-electron chi connectivity index (χ3n) is 5.34. The van der Waals surface area contributed by atoms with Gasteiger partial charge in [0.2, 0.25) is 11.9 Å². The van der Waals surface area contributed by atoms with E-state index in [4.69, 9.17) is 4.74 Å². The van der Waals surface area contributed by atoms with Gasteiger partial charge in [-0.25, -0.2) is 4.98 Å². The van der Waals surface area contributed by atoms with Crippen LogP contribution in [0.25, 0.3) is 0 Å². The number of benzene rings is 1. The number of methoxy groups -OCH3 is 1. The van der Waals surface area contributed by atoms with Crippen molar-refractivity contribution < 1.29 is 9.53 Å². The molecule has 28 heavy (non-hydrogen) atoms. The van der Waals surface area contributed by atoms with E-state index in [-0.39, 0.29) is 11.8 Å². The highest BCUT2D eigenvalue weighted by Crippen LogP contribution is 2.28. The van der Waals surface area contributed by atoms with Gasteiger partial charge in [0.05, 0.1) is 13.0 Å². The van der Waals surface area contributed by atoms with Gasteiger partial charge in [-0.15, -0.1) is 0 Å². The highest BCUT2D eigenvalue weighted by molar-refractivity contribution is 5.79. The average molecular weight is 381 g/mol. The van der Waals surface area contributed by atoms with Crippen LogP contribution in [0.15, 0.2) is 36.5 Å². The summed E-state index contributed by atoms with van der Waals surface area (Å²) in [5.74, 6) is 3.09. The fraction of sp³-hybridized carbons (Fsp3) is 0.476. The number of piperidine rings is 1. The van der Waals surface area contributed by atoms with Gasteiger partial charge < -0.3 is 20.3 Å². The molecule has 1 unspecified atom stereocenters. The Balaban J connectivity index is 1.38. The summed E-state index contributed by atoms with van der Waals surface area (Å²) in [5, 5.41) is 6.41. The number of carbonyl (C=O) groups is 1. The molecule has 1 atom stereocenters. The number of ether oxygens (including phenoxy) is 1. The van der Waals surface area contributed by atoms with Crippen molar-refractivity contribution in [3.63, 3.8) is 0 Å². The molecule has 2 aromatic rings. The Labute approximate surface area is 165 Å². The fourth-order valence-corrected chi connectivity index (χ4v) is 3.48. The van der Waals surface area contributed by atoms with Gasteiger partial charge in [0.1, 0.15) is 11.6 Å². The predicted octanol–water partition coefficient (Wildman–Crippen LogP) is 2.97. The number of nitrogens with zero attached hydrogens (tertiary/aromatic N) is 3. The maximum absolute atomic E-state index is 12.5. The first kappa shape index (κ1) is 18.5. The lowest BCUT2D eigenvalue weighted by molar-refractivity contribution is -0.125. The van der Waals surface area contributed by atoms with Crippen LogP contribution in [0.2, 0.25) is 0 Å². The summed E-state index contributed by atoms with van der Waals surface area (Å²) in [5.41, 5.74) is 0.932. The van der Waals surface area contributed by atoms with E-state index < -0.39 is 0 Å². The molecule has 0 bridgehead atoms. The Morgan fingerprint density at radius 3 is 2.79 bits per heavy atom. The molecule has 1 saturated heterocycles. The van der Waals surface area contributed by atoms with E-state index in [1.54, 1.807) is 13.3 Å². The zero-order chi connectivity index (χ0) is 19.3. The highest BCUT2D eigenvalue weighted by atomic mass is 16.5. The third kappa shape index (κ3) is 4.71. The molecule has 0 spiro atoms. The molecule has 7 nitrogen and oxygen atoms in total. The number of anilines is 3. The minimum absolute atomic E-state index is 0.00861. The molecule has 1 aromatic heterocycles. The van der Waals surface area contributed by atoms with Crippen LogP contribution in [-0.4, -0.2) is 42.6 Å². The summed E-state index contributed by atoms with van der Waals surface area (Å²) in [7, 11) is 1.65. The van der Waals surface area contributed by atoms with Crippen molar-refractivity contribution >= 4 is 23.4 Å². The number of carbonyl (C=O) groups excluding carboxylic acids is 1. The smallest absolute Gasteiger partial charge is 0.227 e. The van der Waals surface area contributed by atoms with Gasteiger partial charge >= 0.3 is 0 Å². The maximum atomic E-state index is 12.5. The van der Waals surface area contributed by atoms with Crippen LogP contribution in [0.4, 0.5) is 17.5 Å². The van der Waals surface area contributed by atoms with E-state index in [1.165, 1.54) is 12.8 Å². The summed E-state index contributed by atoms with van der Waals surface area (Å²) in [6.07, 6.45) is 6.15. The standard InChI is InChI=1S/C21H27N5O2/c1-28-18-8-6-17(7-9-18)24-19-10-11-22-21(25-19)26-12-2-3-16(14-26)20(27)23-13-15-4-5-15/h6-11,15-16H,2-5,12-14H2,1H3,(H,23,27)(H,22,24,25). The Bertz CT molecular complexity index is 807. The lowest BCUT2D eigenvalue weighted by atomic mass is 9.97. The second kappa shape index (κ2) is 8.46. The molecular formula is C21H27N5O2. The van der Waals surface area contributed by atoms with E-state index in [0.717, 1.165) is 43.2 Å². The van der Waals surface area contributed by atoms with Gasteiger partial charge in [-0.05, 0) is 61.9 Å². The first-order valence-corrected chi connectivity index (χ1v) is 9.98. The Morgan fingerprint density at radius 1 is 1.21 bits per heavy atom. The number of hydrogen-bond donors (Lipinski definition) is 2. The molecule has 1 amide bonds. The van der Waals surface area contributed by atoms with Crippen LogP contribution in [0.1, 0.15) is 25.7 Å². The van der Waals surface area contributed by atoms with Crippen molar-refractivity contribution in [1.29, 1.82) is 0 Å². The van der Waals surface area contributed by atoms with Crippen LogP contribution in [0.5, 0.6) is 5.75 Å². The van der Waals surface area contributed by atoms with Gasteiger partial charge in [-0.3, -0.25) is 4.79 Å². The summed E-state index contributed by atoms with van der Waals surface area (Å²) < 4.78 is 5.19. The Kier molecular flexibility index (Phi) is 5.60. The SMILES string of the molecule is COc1ccc(Nc2ccnc(N3CCCC(C(=O)NCC4CC4)C3)n2)cc1. The molecule has 2 fully saturated rings. The quantitative estimate of drug-likeness (QED) is 0.768. The maximum Gasteiger partial charge on any atom is 0.227 e. The summed E-state index contributed by atoms with van der Waals surface area (Å²) in [6, 6.07) is 9.54. The van der Waals surface area contributed by atoms with Crippen LogP contribution in [0.3, 0.4) is 0 Å². The molecule has 148 valence electrons. The summed E-state index contributed by atoms with van der Waals surface area (Å²) in [6.45, 7) is 2.37. The molecule has 7 heteroatoms. The first-order chi connectivity index (χ1) is 13.7.